The maximum atomic E-state index is 9.50. The van der Waals surface area contributed by atoms with Crippen LogP contribution in [0.3, 0.4) is 0 Å². The highest BCUT2D eigenvalue weighted by Gasteiger charge is 2.25. The Kier molecular flexibility index (Phi) is 5.83. The van der Waals surface area contributed by atoms with E-state index in [1.54, 1.807) is 0 Å². The molecule has 1 aromatic carbocycles. The van der Waals surface area contributed by atoms with Crippen molar-refractivity contribution in [2.75, 3.05) is 13.2 Å². The van der Waals surface area contributed by atoms with Crippen LogP contribution in [0.4, 0.5) is 0 Å². The van der Waals surface area contributed by atoms with E-state index < -0.39 is 0 Å². The molecule has 108 valence electrons. The summed E-state index contributed by atoms with van der Waals surface area (Å²) in [6.07, 6.45) is 0.822. The molecular weight excluding hydrogens is 238 g/mol. The molecule has 3 heteroatoms. The van der Waals surface area contributed by atoms with Crippen LogP contribution in [-0.2, 0) is 0 Å². The molecule has 0 aromatic heterocycles. The predicted molar refractivity (Wildman–Crippen MR) is 79.8 cm³/mol. The Balaban J connectivity index is 2.66. The van der Waals surface area contributed by atoms with Gasteiger partial charge in [-0.05, 0) is 45.9 Å². The third-order valence-electron chi connectivity index (χ3n) is 3.35. The number of hydrogen-bond acceptors (Lipinski definition) is 3. The highest BCUT2D eigenvalue weighted by molar-refractivity contribution is 5.35. The number of likely N-dealkylation sites (N-methyl/N-ethyl adjacent to an activating group) is 1. The van der Waals surface area contributed by atoms with Gasteiger partial charge in [0.15, 0.2) is 0 Å². The van der Waals surface area contributed by atoms with Crippen LogP contribution in [0.2, 0.25) is 0 Å². The van der Waals surface area contributed by atoms with E-state index in [4.69, 9.17) is 4.74 Å². The summed E-state index contributed by atoms with van der Waals surface area (Å²) >= 11 is 0. The number of aliphatic hydroxyl groups excluding tert-OH is 1. The molecule has 0 aliphatic carbocycles. The zero-order valence-electron chi connectivity index (χ0n) is 12.8. The summed E-state index contributed by atoms with van der Waals surface area (Å²) in [6.45, 7) is 11.2. The molecule has 0 saturated carbocycles. The molecule has 1 rings (SSSR count). The van der Waals surface area contributed by atoms with Gasteiger partial charge in [-0.25, -0.2) is 0 Å². The minimum absolute atomic E-state index is 0.0533. The smallest absolute Gasteiger partial charge is 0.122 e. The molecule has 0 saturated heterocycles. The van der Waals surface area contributed by atoms with Gasteiger partial charge in [-0.1, -0.05) is 24.6 Å². The van der Waals surface area contributed by atoms with Gasteiger partial charge < -0.3 is 15.2 Å². The molecule has 0 aliphatic heterocycles. The van der Waals surface area contributed by atoms with Gasteiger partial charge in [0.05, 0.1) is 12.7 Å². The predicted octanol–water partition coefficient (Wildman–Crippen LogP) is 2.82. The van der Waals surface area contributed by atoms with Crippen LogP contribution in [-0.4, -0.2) is 29.9 Å². The van der Waals surface area contributed by atoms with E-state index in [1.807, 2.05) is 26.8 Å². The van der Waals surface area contributed by atoms with Crippen LogP contribution in [0.1, 0.15) is 38.3 Å². The second kappa shape index (κ2) is 6.92. The summed E-state index contributed by atoms with van der Waals surface area (Å²) in [4.78, 5) is 0. The first-order valence-corrected chi connectivity index (χ1v) is 7.00. The average molecular weight is 265 g/mol. The van der Waals surface area contributed by atoms with Gasteiger partial charge >= 0.3 is 0 Å². The summed E-state index contributed by atoms with van der Waals surface area (Å²) in [6, 6.07) is 6.20. The van der Waals surface area contributed by atoms with Gasteiger partial charge in [0.25, 0.3) is 0 Å². The van der Waals surface area contributed by atoms with E-state index >= 15 is 0 Å². The molecule has 0 bridgehead atoms. The van der Waals surface area contributed by atoms with Crippen LogP contribution < -0.4 is 10.1 Å². The van der Waals surface area contributed by atoms with Gasteiger partial charge in [-0.15, -0.1) is 0 Å². The highest BCUT2D eigenvalue weighted by Crippen LogP contribution is 2.22. The van der Waals surface area contributed by atoms with Crippen molar-refractivity contribution in [3.05, 3.63) is 29.3 Å². The third-order valence-corrected chi connectivity index (χ3v) is 3.35. The minimum Gasteiger partial charge on any atom is -0.490 e. The second-order valence-corrected chi connectivity index (χ2v) is 5.65. The maximum Gasteiger partial charge on any atom is 0.122 e. The van der Waals surface area contributed by atoms with Crippen molar-refractivity contribution in [2.24, 2.45) is 0 Å². The Labute approximate surface area is 117 Å². The molecule has 1 aromatic rings. The first kappa shape index (κ1) is 16.0. The molecule has 2 N–H and O–H groups in total. The monoisotopic (exact) mass is 265 g/mol. The Bertz CT molecular complexity index is 406. The fraction of sp³-hybridized carbons (Fsp3) is 0.625. The van der Waals surface area contributed by atoms with Gasteiger partial charge in [-0.3, -0.25) is 0 Å². The molecular formula is C16H27NO2. The number of benzene rings is 1. The molecule has 0 amide bonds. The van der Waals surface area contributed by atoms with Crippen LogP contribution in [0.15, 0.2) is 18.2 Å². The molecule has 3 nitrogen and oxygen atoms in total. The maximum absolute atomic E-state index is 9.50. The fourth-order valence-electron chi connectivity index (χ4n) is 2.44. The van der Waals surface area contributed by atoms with Crippen molar-refractivity contribution in [2.45, 2.75) is 52.7 Å². The van der Waals surface area contributed by atoms with Crippen molar-refractivity contribution in [1.29, 1.82) is 0 Å². The van der Waals surface area contributed by atoms with Crippen molar-refractivity contribution >= 4 is 0 Å². The summed E-state index contributed by atoms with van der Waals surface area (Å²) in [5.41, 5.74) is 2.11. The number of ether oxygens (including phenoxy) is 1. The van der Waals surface area contributed by atoms with Gasteiger partial charge in [0.1, 0.15) is 5.75 Å². The first-order chi connectivity index (χ1) is 8.90. The molecule has 0 heterocycles. The SMILES string of the molecule is CCNC(C)(CO)CC(C)Oc1ccc(C)cc1C. The van der Waals surface area contributed by atoms with Crippen LogP contribution in [0, 0.1) is 13.8 Å². The molecule has 0 aliphatic rings. The Morgan fingerprint density at radius 3 is 2.58 bits per heavy atom. The lowest BCUT2D eigenvalue weighted by atomic mass is 9.95. The van der Waals surface area contributed by atoms with Gasteiger partial charge in [0.2, 0.25) is 0 Å². The van der Waals surface area contributed by atoms with E-state index in [9.17, 15) is 5.11 Å². The van der Waals surface area contributed by atoms with E-state index in [1.165, 1.54) is 5.56 Å². The summed E-state index contributed by atoms with van der Waals surface area (Å²) in [5.74, 6) is 0.926. The summed E-state index contributed by atoms with van der Waals surface area (Å²) in [5, 5.41) is 12.8. The normalized spacial score (nSPS) is 15.9. The number of aryl methyl sites for hydroxylation is 2. The first-order valence-electron chi connectivity index (χ1n) is 7.00. The van der Waals surface area contributed by atoms with E-state index in [2.05, 4.69) is 31.3 Å². The van der Waals surface area contributed by atoms with Crippen molar-refractivity contribution in [3.63, 3.8) is 0 Å². The quantitative estimate of drug-likeness (QED) is 0.796. The zero-order valence-corrected chi connectivity index (χ0v) is 12.8. The summed E-state index contributed by atoms with van der Waals surface area (Å²) in [7, 11) is 0. The third kappa shape index (κ3) is 4.84. The van der Waals surface area contributed by atoms with Crippen LogP contribution >= 0.6 is 0 Å². The van der Waals surface area contributed by atoms with Gasteiger partial charge in [0, 0.05) is 12.0 Å². The van der Waals surface area contributed by atoms with Crippen molar-refractivity contribution in [3.8, 4) is 5.75 Å². The summed E-state index contributed by atoms with van der Waals surface area (Å²) < 4.78 is 5.99. The molecule has 0 radical (unpaired) electrons. The van der Waals surface area contributed by atoms with Gasteiger partial charge in [-0.2, -0.15) is 0 Å². The Morgan fingerprint density at radius 1 is 1.37 bits per heavy atom. The van der Waals surface area contributed by atoms with Crippen molar-refractivity contribution < 1.29 is 9.84 Å². The zero-order chi connectivity index (χ0) is 14.5. The largest absolute Gasteiger partial charge is 0.490 e. The Hall–Kier alpha value is -1.06. The molecule has 0 fully saturated rings. The average Bonchev–Trinajstić information content (AvgIpc) is 2.33. The standard InChI is InChI=1S/C16H27NO2/c1-6-17-16(5,11-18)10-14(4)19-15-8-7-12(2)9-13(15)3/h7-9,14,17-18H,6,10-11H2,1-5H3. The lowest BCUT2D eigenvalue weighted by Gasteiger charge is -2.31. The van der Waals surface area contributed by atoms with Crippen LogP contribution in [0.25, 0.3) is 0 Å². The lowest BCUT2D eigenvalue weighted by molar-refractivity contribution is 0.111. The van der Waals surface area contributed by atoms with Crippen molar-refractivity contribution in [1.82, 2.24) is 5.32 Å². The van der Waals surface area contributed by atoms with E-state index in [0.29, 0.717) is 0 Å². The Morgan fingerprint density at radius 2 is 2.05 bits per heavy atom. The van der Waals surface area contributed by atoms with E-state index in [0.717, 1.165) is 24.3 Å². The molecule has 2 atom stereocenters. The van der Waals surface area contributed by atoms with E-state index in [-0.39, 0.29) is 18.2 Å². The molecule has 0 spiro atoms. The number of rotatable bonds is 7. The highest BCUT2D eigenvalue weighted by atomic mass is 16.5. The topological polar surface area (TPSA) is 41.5 Å². The minimum atomic E-state index is -0.285. The number of nitrogens with one attached hydrogen (secondary N) is 1. The number of hydrogen-bond donors (Lipinski definition) is 2. The fourth-order valence-corrected chi connectivity index (χ4v) is 2.44. The lowest BCUT2D eigenvalue weighted by Crippen LogP contribution is -2.48. The second-order valence-electron chi connectivity index (χ2n) is 5.65. The number of aliphatic hydroxyl groups is 1. The molecule has 19 heavy (non-hydrogen) atoms. The van der Waals surface area contributed by atoms with Crippen LogP contribution in [0.5, 0.6) is 5.75 Å². The molecule has 2 unspecified atom stereocenters.